The van der Waals surface area contributed by atoms with E-state index >= 15 is 0 Å². The van der Waals surface area contributed by atoms with Gasteiger partial charge in [0.15, 0.2) is 5.65 Å². The Bertz CT molecular complexity index is 1100. The molecule has 0 bridgehead atoms. The molecule has 158 valence electrons. The Morgan fingerprint density at radius 3 is 2.70 bits per heavy atom. The number of aryl methyl sites for hydroxylation is 1. The van der Waals surface area contributed by atoms with Gasteiger partial charge in [-0.25, -0.2) is 9.97 Å². The molecule has 30 heavy (non-hydrogen) atoms. The third-order valence-electron chi connectivity index (χ3n) is 6.28. The quantitative estimate of drug-likeness (QED) is 0.647. The lowest BCUT2D eigenvalue weighted by Gasteiger charge is -2.49. The van der Waals surface area contributed by atoms with E-state index in [9.17, 15) is 18.3 Å². The molecule has 0 unspecified atom stereocenters. The van der Waals surface area contributed by atoms with Gasteiger partial charge in [-0.3, -0.25) is 4.68 Å². The van der Waals surface area contributed by atoms with Crippen LogP contribution in [0.15, 0.2) is 24.5 Å². The lowest BCUT2D eigenvalue weighted by Crippen LogP contribution is -2.50. The third-order valence-corrected chi connectivity index (χ3v) is 6.28. The standard InChI is InChI=1S/C21H21F3N4O2/c1-12-8-13(21(22,23)24)9-16(29)18(12)14-10-25-15-11-28(27-19(15)26-14)17-4-2-7-30-20(17)5-3-6-20/h8-11,17,29H,2-7H2,1H3/t17-/m0/s1. The maximum absolute atomic E-state index is 13.0. The molecule has 2 aliphatic rings. The van der Waals surface area contributed by atoms with Gasteiger partial charge >= 0.3 is 6.18 Å². The first-order valence-corrected chi connectivity index (χ1v) is 10.0. The Morgan fingerprint density at radius 2 is 2.03 bits per heavy atom. The second-order valence-corrected chi connectivity index (χ2v) is 8.18. The first-order valence-electron chi connectivity index (χ1n) is 10.0. The van der Waals surface area contributed by atoms with Crippen LogP contribution in [0.3, 0.4) is 0 Å². The molecule has 1 aliphatic heterocycles. The number of halogens is 3. The van der Waals surface area contributed by atoms with Gasteiger partial charge < -0.3 is 9.84 Å². The molecule has 1 spiro atoms. The molecule has 1 saturated heterocycles. The van der Waals surface area contributed by atoms with Gasteiger partial charge in [0.1, 0.15) is 11.3 Å². The first kappa shape index (κ1) is 19.3. The molecule has 6 nitrogen and oxygen atoms in total. The largest absolute Gasteiger partial charge is 0.507 e. The van der Waals surface area contributed by atoms with Crippen molar-refractivity contribution in [1.82, 2.24) is 19.7 Å². The lowest BCUT2D eigenvalue weighted by atomic mass is 9.72. The highest BCUT2D eigenvalue weighted by molar-refractivity contribution is 5.77. The van der Waals surface area contributed by atoms with Crippen LogP contribution < -0.4 is 0 Å². The predicted octanol–water partition coefficient (Wildman–Crippen LogP) is 4.80. The summed E-state index contributed by atoms with van der Waals surface area (Å²) in [5.74, 6) is -0.482. The first-order chi connectivity index (χ1) is 14.3. The highest BCUT2D eigenvalue weighted by Crippen LogP contribution is 2.48. The second-order valence-electron chi connectivity index (χ2n) is 8.18. The molecule has 0 radical (unpaired) electrons. The third kappa shape index (κ3) is 3.03. The molecule has 0 amide bonds. The number of nitrogens with zero attached hydrogens (tertiary/aromatic N) is 4. The average Bonchev–Trinajstić information content (AvgIpc) is 3.08. The van der Waals surface area contributed by atoms with Crippen LogP contribution in [0, 0.1) is 6.92 Å². The van der Waals surface area contributed by atoms with E-state index in [1.54, 1.807) is 0 Å². The summed E-state index contributed by atoms with van der Waals surface area (Å²) in [7, 11) is 0. The lowest BCUT2D eigenvalue weighted by molar-refractivity contribution is -0.161. The van der Waals surface area contributed by atoms with Crippen LogP contribution in [0.1, 0.15) is 49.3 Å². The minimum Gasteiger partial charge on any atom is -0.507 e. The van der Waals surface area contributed by atoms with Crippen LogP contribution in [-0.4, -0.2) is 37.1 Å². The van der Waals surface area contributed by atoms with Gasteiger partial charge in [-0.2, -0.15) is 18.3 Å². The van der Waals surface area contributed by atoms with Crippen molar-refractivity contribution >= 4 is 11.2 Å². The van der Waals surface area contributed by atoms with Gasteiger partial charge in [0.2, 0.25) is 0 Å². The van der Waals surface area contributed by atoms with Crippen molar-refractivity contribution in [3.63, 3.8) is 0 Å². The number of ether oxygens (including phenoxy) is 1. The number of hydrogen-bond donors (Lipinski definition) is 1. The number of phenols is 1. The molecule has 1 aliphatic carbocycles. The molecule has 1 aromatic carbocycles. The Hall–Kier alpha value is -2.68. The molecule has 2 fully saturated rings. The second kappa shape index (κ2) is 6.66. The van der Waals surface area contributed by atoms with Gasteiger partial charge in [-0.15, -0.1) is 0 Å². The van der Waals surface area contributed by atoms with Gasteiger partial charge in [-0.05, 0) is 56.7 Å². The summed E-state index contributed by atoms with van der Waals surface area (Å²) in [6.45, 7) is 2.28. The average molecular weight is 418 g/mol. The van der Waals surface area contributed by atoms with Gasteiger partial charge in [0.25, 0.3) is 0 Å². The summed E-state index contributed by atoms with van der Waals surface area (Å²) in [5, 5.41) is 14.9. The molecule has 3 heterocycles. The van der Waals surface area contributed by atoms with E-state index in [4.69, 9.17) is 4.74 Å². The van der Waals surface area contributed by atoms with Gasteiger partial charge in [0.05, 0.1) is 35.3 Å². The number of alkyl halides is 3. The number of hydrogen-bond acceptors (Lipinski definition) is 5. The van der Waals surface area contributed by atoms with E-state index in [2.05, 4.69) is 15.1 Å². The van der Waals surface area contributed by atoms with Crippen LogP contribution in [0.2, 0.25) is 0 Å². The fourth-order valence-corrected chi connectivity index (χ4v) is 4.65. The fraction of sp³-hybridized carbons (Fsp3) is 0.476. The highest BCUT2D eigenvalue weighted by Gasteiger charge is 2.48. The molecular weight excluding hydrogens is 397 g/mol. The number of benzene rings is 1. The molecule has 2 aromatic heterocycles. The summed E-state index contributed by atoms with van der Waals surface area (Å²) < 4.78 is 47.0. The summed E-state index contributed by atoms with van der Waals surface area (Å²) in [5.41, 5.74) is 0.713. The number of aromatic hydroxyl groups is 1. The van der Waals surface area contributed by atoms with Crippen LogP contribution >= 0.6 is 0 Å². The normalized spacial score (nSPS) is 21.1. The van der Waals surface area contributed by atoms with Crippen molar-refractivity contribution in [3.05, 3.63) is 35.7 Å². The molecule has 1 saturated carbocycles. The van der Waals surface area contributed by atoms with E-state index < -0.39 is 17.5 Å². The summed E-state index contributed by atoms with van der Waals surface area (Å²) >= 11 is 0. The SMILES string of the molecule is Cc1cc(C(F)(F)F)cc(O)c1-c1cnc2cn([C@H]3CCCOC34CCC4)nc2n1. The zero-order chi connectivity index (χ0) is 21.1. The smallest absolute Gasteiger partial charge is 0.416 e. The predicted molar refractivity (Wildman–Crippen MR) is 103 cm³/mol. The van der Waals surface area contributed by atoms with E-state index in [-0.39, 0.29) is 28.5 Å². The van der Waals surface area contributed by atoms with E-state index in [0.29, 0.717) is 17.2 Å². The summed E-state index contributed by atoms with van der Waals surface area (Å²) in [4.78, 5) is 8.89. The molecule has 3 aromatic rings. The van der Waals surface area contributed by atoms with Crippen LogP contribution in [0.25, 0.3) is 22.4 Å². The molecule has 5 rings (SSSR count). The Kier molecular flexibility index (Phi) is 4.29. The molecule has 1 N–H and O–H groups in total. The maximum atomic E-state index is 13.0. The van der Waals surface area contributed by atoms with Crippen molar-refractivity contribution < 1.29 is 23.0 Å². The van der Waals surface area contributed by atoms with Crippen molar-refractivity contribution in [3.8, 4) is 17.0 Å². The maximum Gasteiger partial charge on any atom is 0.416 e. The minimum absolute atomic E-state index is 0.126. The number of aromatic nitrogens is 4. The Labute approximate surface area is 170 Å². The van der Waals surface area contributed by atoms with Gasteiger partial charge in [-0.1, -0.05) is 0 Å². The Balaban J connectivity index is 1.54. The number of fused-ring (bicyclic) bond motifs is 1. The zero-order valence-electron chi connectivity index (χ0n) is 16.4. The molecule has 1 atom stereocenters. The van der Waals surface area contributed by atoms with E-state index in [1.807, 2.05) is 10.9 Å². The summed E-state index contributed by atoms with van der Waals surface area (Å²) in [6, 6.07) is 1.84. The van der Waals surface area contributed by atoms with Crippen molar-refractivity contribution in [2.75, 3.05) is 6.61 Å². The highest BCUT2D eigenvalue weighted by atomic mass is 19.4. The van der Waals surface area contributed by atoms with Crippen molar-refractivity contribution in [2.45, 2.75) is 56.8 Å². The Morgan fingerprint density at radius 1 is 1.23 bits per heavy atom. The summed E-state index contributed by atoms with van der Waals surface area (Å²) in [6.07, 6.45) is 3.88. The van der Waals surface area contributed by atoms with E-state index in [0.717, 1.165) is 44.8 Å². The van der Waals surface area contributed by atoms with E-state index in [1.165, 1.54) is 13.1 Å². The van der Waals surface area contributed by atoms with Crippen molar-refractivity contribution in [2.24, 2.45) is 0 Å². The number of rotatable bonds is 2. The van der Waals surface area contributed by atoms with Crippen LogP contribution in [0.5, 0.6) is 5.75 Å². The zero-order valence-corrected chi connectivity index (χ0v) is 16.4. The van der Waals surface area contributed by atoms with Crippen LogP contribution in [-0.2, 0) is 10.9 Å². The minimum atomic E-state index is -4.53. The molecule has 9 heteroatoms. The monoisotopic (exact) mass is 418 g/mol. The molecular formula is C21H21F3N4O2. The fourth-order valence-electron chi connectivity index (χ4n) is 4.65. The number of phenolic OH excluding ortho intramolecular Hbond substituents is 1. The topological polar surface area (TPSA) is 73.1 Å². The van der Waals surface area contributed by atoms with Crippen molar-refractivity contribution in [1.29, 1.82) is 0 Å². The van der Waals surface area contributed by atoms with Crippen LogP contribution in [0.4, 0.5) is 13.2 Å². The van der Waals surface area contributed by atoms with Gasteiger partial charge in [0, 0.05) is 12.2 Å².